The SMILES string of the molecule is CC(C)N1CCCC1CCC1(O)CCCCC1. The third kappa shape index (κ3) is 3.45. The molecule has 1 N–H and O–H groups in total. The van der Waals surface area contributed by atoms with Gasteiger partial charge in [-0.05, 0) is 58.9 Å². The number of hydrogen-bond donors (Lipinski definition) is 1. The predicted molar refractivity (Wildman–Crippen MR) is 72.1 cm³/mol. The number of aliphatic hydroxyl groups is 1. The fourth-order valence-electron chi connectivity index (χ4n) is 3.74. The molecule has 2 heteroatoms. The summed E-state index contributed by atoms with van der Waals surface area (Å²) in [6.45, 7) is 5.86. The van der Waals surface area contributed by atoms with Gasteiger partial charge in [0.15, 0.2) is 0 Å². The van der Waals surface area contributed by atoms with Crippen LogP contribution in [0.5, 0.6) is 0 Å². The molecule has 1 saturated carbocycles. The minimum absolute atomic E-state index is 0.316. The van der Waals surface area contributed by atoms with Gasteiger partial charge >= 0.3 is 0 Å². The Morgan fingerprint density at radius 2 is 1.88 bits per heavy atom. The molecule has 17 heavy (non-hydrogen) atoms. The Labute approximate surface area is 106 Å². The van der Waals surface area contributed by atoms with Crippen LogP contribution in [0.1, 0.15) is 71.6 Å². The molecular formula is C15H29NO. The molecule has 1 unspecified atom stereocenters. The first-order valence-corrected chi connectivity index (χ1v) is 7.59. The van der Waals surface area contributed by atoms with E-state index >= 15 is 0 Å². The van der Waals surface area contributed by atoms with E-state index in [9.17, 15) is 5.11 Å². The van der Waals surface area contributed by atoms with Gasteiger partial charge in [0.25, 0.3) is 0 Å². The standard InChI is InChI=1S/C15H29NO/c1-13(2)16-12-6-7-14(16)8-11-15(17)9-4-3-5-10-15/h13-14,17H,3-12H2,1-2H3. The molecule has 2 fully saturated rings. The van der Waals surface area contributed by atoms with Crippen molar-refractivity contribution in [1.29, 1.82) is 0 Å². The predicted octanol–water partition coefficient (Wildman–Crippen LogP) is 3.33. The number of hydrogen-bond acceptors (Lipinski definition) is 2. The summed E-state index contributed by atoms with van der Waals surface area (Å²) in [6, 6.07) is 1.41. The Morgan fingerprint density at radius 3 is 2.53 bits per heavy atom. The van der Waals surface area contributed by atoms with Gasteiger partial charge in [-0.3, -0.25) is 4.90 Å². The second-order valence-corrected chi connectivity index (χ2v) is 6.45. The van der Waals surface area contributed by atoms with E-state index in [2.05, 4.69) is 18.7 Å². The Kier molecular flexibility index (Phi) is 4.48. The van der Waals surface area contributed by atoms with Crippen molar-refractivity contribution in [2.75, 3.05) is 6.54 Å². The summed E-state index contributed by atoms with van der Waals surface area (Å²) in [5.41, 5.74) is -0.316. The van der Waals surface area contributed by atoms with E-state index < -0.39 is 0 Å². The molecule has 1 aliphatic heterocycles. The average molecular weight is 239 g/mol. The van der Waals surface area contributed by atoms with E-state index in [0.717, 1.165) is 25.3 Å². The highest BCUT2D eigenvalue weighted by Crippen LogP contribution is 2.34. The molecule has 0 aromatic heterocycles. The summed E-state index contributed by atoms with van der Waals surface area (Å²) >= 11 is 0. The maximum atomic E-state index is 10.5. The minimum atomic E-state index is -0.316. The quantitative estimate of drug-likeness (QED) is 0.813. The van der Waals surface area contributed by atoms with Crippen molar-refractivity contribution in [3.63, 3.8) is 0 Å². The highest BCUT2D eigenvalue weighted by atomic mass is 16.3. The van der Waals surface area contributed by atoms with Crippen LogP contribution in [0.3, 0.4) is 0 Å². The molecule has 0 aromatic rings. The van der Waals surface area contributed by atoms with E-state index in [4.69, 9.17) is 0 Å². The highest BCUT2D eigenvalue weighted by Gasteiger charge is 2.32. The molecule has 1 aliphatic carbocycles. The van der Waals surface area contributed by atoms with Gasteiger partial charge in [-0.25, -0.2) is 0 Å². The van der Waals surface area contributed by atoms with Crippen LogP contribution < -0.4 is 0 Å². The number of nitrogens with zero attached hydrogens (tertiary/aromatic N) is 1. The van der Waals surface area contributed by atoms with Crippen molar-refractivity contribution in [2.45, 2.75) is 89.3 Å². The van der Waals surface area contributed by atoms with Gasteiger partial charge in [0, 0.05) is 12.1 Å². The highest BCUT2D eigenvalue weighted by molar-refractivity contribution is 4.87. The maximum absolute atomic E-state index is 10.5. The molecule has 1 atom stereocenters. The monoisotopic (exact) mass is 239 g/mol. The van der Waals surface area contributed by atoms with E-state index in [1.165, 1.54) is 45.1 Å². The van der Waals surface area contributed by atoms with Gasteiger partial charge in [-0.15, -0.1) is 0 Å². The summed E-state index contributed by atoms with van der Waals surface area (Å²) in [6.07, 6.45) is 10.8. The summed E-state index contributed by atoms with van der Waals surface area (Å²) in [4.78, 5) is 2.63. The fraction of sp³-hybridized carbons (Fsp3) is 1.00. The number of likely N-dealkylation sites (tertiary alicyclic amines) is 1. The Hall–Kier alpha value is -0.0800. The van der Waals surface area contributed by atoms with Gasteiger partial charge < -0.3 is 5.11 Å². The lowest BCUT2D eigenvalue weighted by Gasteiger charge is -2.35. The van der Waals surface area contributed by atoms with Gasteiger partial charge in [-0.1, -0.05) is 19.3 Å². The van der Waals surface area contributed by atoms with Crippen molar-refractivity contribution >= 4 is 0 Å². The van der Waals surface area contributed by atoms with Crippen LogP contribution in [0, 0.1) is 0 Å². The van der Waals surface area contributed by atoms with Crippen LogP contribution in [0.4, 0.5) is 0 Å². The molecule has 2 aliphatic rings. The van der Waals surface area contributed by atoms with Gasteiger partial charge in [0.1, 0.15) is 0 Å². The molecule has 0 radical (unpaired) electrons. The molecule has 100 valence electrons. The molecular weight excluding hydrogens is 210 g/mol. The van der Waals surface area contributed by atoms with Crippen LogP contribution in [0.15, 0.2) is 0 Å². The second-order valence-electron chi connectivity index (χ2n) is 6.45. The molecule has 1 heterocycles. The van der Waals surface area contributed by atoms with Crippen LogP contribution in [0.25, 0.3) is 0 Å². The summed E-state index contributed by atoms with van der Waals surface area (Å²) in [7, 11) is 0. The average Bonchev–Trinajstić information content (AvgIpc) is 2.76. The Bertz CT molecular complexity index is 233. The molecule has 0 amide bonds. The zero-order valence-corrected chi connectivity index (χ0v) is 11.6. The van der Waals surface area contributed by atoms with Crippen molar-refractivity contribution in [3.05, 3.63) is 0 Å². The zero-order valence-electron chi connectivity index (χ0n) is 11.6. The molecule has 2 nitrogen and oxygen atoms in total. The van der Waals surface area contributed by atoms with Gasteiger partial charge in [0.2, 0.25) is 0 Å². The zero-order chi connectivity index (χ0) is 12.3. The smallest absolute Gasteiger partial charge is 0.0648 e. The van der Waals surface area contributed by atoms with Gasteiger partial charge in [-0.2, -0.15) is 0 Å². The number of rotatable bonds is 4. The summed E-state index contributed by atoms with van der Waals surface area (Å²) in [5.74, 6) is 0. The molecule has 2 rings (SSSR count). The van der Waals surface area contributed by atoms with E-state index in [1.54, 1.807) is 0 Å². The first-order valence-electron chi connectivity index (χ1n) is 7.59. The van der Waals surface area contributed by atoms with E-state index in [-0.39, 0.29) is 5.60 Å². The third-order valence-corrected chi connectivity index (χ3v) is 4.81. The van der Waals surface area contributed by atoms with Gasteiger partial charge in [0.05, 0.1) is 5.60 Å². The van der Waals surface area contributed by atoms with Crippen molar-refractivity contribution in [3.8, 4) is 0 Å². The normalized spacial score (nSPS) is 30.0. The topological polar surface area (TPSA) is 23.5 Å². The largest absolute Gasteiger partial charge is 0.390 e. The van der Waals surface area contributed by atoms with Crippen molar-refractivity contribution in [2.24, 2.45) is 0 Å². The van der Waals surface area contributed by atoms with Crippen molar-refractivity contribution in [1.82, 2.24) is 4.90 Å². The fourth-order valence-corrected chi connectivity index (χ4v) is 3.74. The minimum Gasteiger partial charge on any atom is -0.390 e. The lowest BCUT2D eigenvalue weighted by molar-refractivity contribution is -0.0112. The van der Waals surface area contributed by atoms with Crippen molar-refractivity contribution < 1.29 is 5.11 Å². The molecule has 0 aromatic carbocycles. The maximum Gasteiger partial charge on any atom is 0.0648 e. The van der Waals surface area contributed by atoms with Crippen LogP contribution in [-0.4, -0.2) is 34.2 Å². The van der Waals surface area contributed by atoms with Crippen LogP contribution in [0.2, 0.25) is 0 Å². The lowest BCUT2D eigenvalue weighted by atomic mass is 9.80. The van der Waals surface area contributed by atoms with E-state index in [0.29, 0.717) is 6.04 Å². The Morgan fingerprint density at radius 1 is 1.18 bits per heavy atom. The van der Waals surface area contributed by atoms with E-state index in [1.807, 2.05) is 0 Å². The Balaban J connectivity index is 1.80. The third-order valence-electron chi connectivity index (χ3n) is 4.81. The molecule has 0 bridgehead atoms. The second kappa shape index (κ2) is 5.71. The first kappa shape index (κ1) is 13.4. The van der Waals surface area contributed by atoms with Crippen LogP contribution >= 0.6 is 0 Å². The first-order chi connectivity index (χ1) is 8.11. The molecule has 1 saturated heterocycles. The summed E-state index contributed by atoms with van der Waals surface area (Å²) in [5, 5.41) is 10.5. The summed E-state index contributed by atoms with van der Waals surface area (Å²) < 4.78 is 0. The van der Waals surface area contributed by atoms with Crippen LogP contribution in [-0.2, 0) is 0 Å². The lowest BCUT2D eigenvalue weighted by Crippen LogP contribution is -2.38. The molecule has 0 spiro atoms.